The molecule has 0 aromatic carbocycles. The Morgan fingerprint density at radius 3 is 2.95 bits per heavy atom. The van der Waals surface area contributed by atoms with E-state index in [0.29, 0.717) is 11.9 Å². The average Bonchev–Trinajstić information content (AvgIpc) is 3.14. The molecule has 3 unspecified atom stereocenters. The summed E-state index contributed by atoms with van der Waals surface area (Å²) in [6.45, 7) is 0. The van der Waals surface area contributed by atoms with Crippen molar-refractivity contribution in [3.63, 3.8) is 0 Å². The van der Waals surface area contributed by atoms with Crippen LogP contribution >= 0.6 is 12.4 Å². The zero-order chi connectivity index (χ0) is 13.4. The number of rotatable bonds is 2. The van der Waals surface area contributed by atoms with Crippen LogP contribution in [0.15, 0.2) is 29.0 Å². The molecule has 6 heteroatoms. The maximum Gasteiger partial charge on any atom is 0.244 e. The number of halogens is 1. The number of aromatic nitrogens is 3. The summed E-state index contributed by atoms with van der Waals surface area (Å²) < 4.78 is 5.46. The minimum absolute atomic E-state index is 0. The maximum absolute atomic E-state index is 5.46. The highest BCUT2D eigenvalue weighted by molar-refractivity contribution is 5.85. The lowest BCUT2D eigenvalue weighted by molar-refractivity contribution is 0.324. The summed E-state index contributed by atoms with van der Waals surface area (Å²) in [6.07, 6.45) is 9.94. The second kappa shape index (κ2) is 6.12. The van der Waals surface area contributed by atoms with E-state index in [1.165, 1.54) is 25.7 Å². The Morgan fingerprint density at radius 1 is 1.24 bits per heavy atom. The summed E-state index contributed by atoms with van der Waals surface area (Å²) in [6, 6.07) is 4.69. The third-order valence-corrected chi connectivity index (χ3v) is 4.52. The van der Waals surface area contributed by atoms with Gasteiger partial charge in [0.05, 0.1) is 6.04 Å². The quantitative estimate of drug-likeness (QED) is 0.923. The lowest BCUT2D eigenvalue weighted by atomic mass is 9.85. The van der Waals surface area contributed by atoms with Gasteiger partial charge >= 0.3 is 0 Å². The minimum Gasteiger partial charge on any atom is -0.337 e. The first-order chi connectivity index (χ1) is 9.90. The molecule has 21 heavy (non-hydrogen) atoms. The average molecular weight is 307 g/mol. The molecule has 2 fully saturated rings. The summed E-state index contributed by atoms with van der Waals surface area (Å²) in [5.74, 6) is 2.13. The molecule has 5 nitrogen and oxygen atoms in total. The van der Waals surface area contributed by atoms with Crippen LogP contribution in [0.5, 0.6) is 0 Å². The highest BCUT2D eigenvalue weighted by Gasteiger charge is 2.38. The van der Waals surface area contributed by atoms with Gasteiger partial charge in [0.25, 0.3) is 0 Å². The molecule has 0 spiro atoms. The van der Waals surface area contributed by atoms with Crippen LogP contribution in [0, 0.1) is 5.92 Å². The van der Waals surface area contributed by atoms with Crippen LogP contribution < -0.4 is 5.32 Å². The first-order valence-corrected chi connectivity index (χ1v) is 7.40. The lowest BCUT2D eigenvalue weighted by Crippen LogP contribution is -2.30. The van der Waals surface area contributed by atoms with Crippen LogP contribution in [-0.2, 0) is 0 Å². The van der Waals surface area contributed by atoms with Gasteiger partial charge in [0.1, 0.15) is 0 Å². The smallest absolute Gasteiger partial charge is 0.244 e. The molecular weight excluding hydrogens is 288 g/mol. The zero-order valence-corrected chi connectivity index (χ0v) is 12.6. The third-order valence-electron chi connectivity index (χ3n) is 4.52. The van der Waals surface area contributed by atoms with Gasteiger partial charge in [0.2, 0.25) is 11.7 Å². The van der Waals surface area contributed by atoms with Crippen LogP contribution in [-0.4, -0.2) is 21.2 Å². The number of hydrogen-bond donors (Lipinski definition) is 1. The number of nitrogens with zero attached hydrogens (tertiary/aromatic N) is 3. The van der Waals surface area contributed by atoms with Gasteiger partial charge in [0, 0.05) is 24.0 Å². The second-order valence-corrected chi connectivity index (χ2v) is 5.80. The monoisotopic (exact) mass is 306 g/mol. The van der Waals surface area contributed by atoms with E-state index in [1.54, 1.807) is 12.4 Å². The fourth-order valence-electron chi connectivity index (χ4n) is 3.50. The Hall–Kier alpha value is -1.46. The molecule has 3 atom stereocenters. The fourth-order valence-corrected chi connectivity index (χ4v) is 3.50. The van der Waals surface area contributed by atoms with Crippen LogP contribution in [0.3, 0.4) is 0 Å². The molecule has 2 aromatic rings. The topological polar surface area (TPSA) is 63.8 Å². The Labute approximate surface area is 130 Å². The Kier molecular flexibility index (Phi) is 4.22. The highest BCUT2D eigenvalue weighted by Crippen LogP contribution is 2.38. The van der Waals surface area contributed by atoms with Crippen LogP contribution in [0.25, 0.3) is 11.4 Å². The predicted octanol–water partition coefficient (Wildman–Crippen LogP) is 3.15. The van der Waals surface area contributed by atoms with Crippen molar-refractivity contribution in [3.05, 3.63) is 30.4 Å². The first kappa shape index (κ1) is 14.5. The number of fused-ring (bicyclic) bond motifs is 1. The van der Waals surface area contributed by atoms with Crippen LogP contribution in [0.2, 0.25) is 0 Å². The molecule has 2 aromatic heterocycles. The van der Waals surface area contributed by atoms with E-state index in [-0.39, 0.29) is 18.4 Å². The molecule has 1 saturated carbocycles. The zero-order valence-electron chi connectivity index (χ0n) is 11.7. The van der Waals surface area contributed by atoms with E-state index >= 15 is 0 Å². The molecule has 0 amide bonds. The van der Waals surface area contributed by atoms with Crippen molar-refractivity contribution in [2.24, 2.45) is 5.92 Å². The van der Waals surface area contributed by atoms with Crippen molar-refractivity contribution in [1.29, 1.82) is 0 Å². The number of nitrogens with one attached hydrogen (secondary N) is 1. The van der Waals surface area contributed by atoms with E-state index in [9.17, 15) is 0 Å². The number of hydrogen-bond acceptors (Lipinski definition) is 5. The molecular formula is C15H19ClN4O. The van der Waals surface area contributed by atoms with Gasteiger partial charge in [-0.15, -0.1) is 12.4 Å². The van der Waals surface area contributed by atoms with Crippen molar-refractivity contribution in [3.8, 4) is 11.4 Å². The molecule has 4 rings (SSSR count). The summed E-state index contributed by atoms with van der Waals surface area (Å²) in [5.41, 5.74) is 0.901. The van der Waals surface area contributed by atoms with E-state index in [2.05, 4.69) is 20.4 Å². The van der Waals surface area contributed by atoms with E-state index in [1.807, 2.05) is 12.1 Å². The first-order valence-electron chi connectivity index (χ1n) is 7.40. The predicted molar refractivity (Wildman–Crippen MR) is 81.0 cm³/mol. The molecule has 1 aliphatic carbocycles. The maximum atomic E-state index is 5.46. The van der Waals surface area contributed by atoms with Gasteiger partial charge in [0.15, 0.2) is 0 Å². The fraction of sp³-hybridized carbons (Fsp3) is 0.533. The molecule has 1 aliphatic heterocycles. The Bertz CT molecular complexity index is 574. The van der Waals surface area contributed by atoms with Gasteiger partial charge in [-0.05, 0) is 37.3 Å². The molecule has 2 aliphatic rings. The summed E-state index contributed by atoms with van der Waals surface area (Å²) in [5, 5.41) is 7.74. The van der Waals surface area contributed by atoms with Crippen molar-refractivity contribution >= 4 is 12.4 Å². The van der Waals surface area contributed by atoms with Crippen molar-refractivity contribution < 1.29 is 4.52 Å². The van der Waals surface area contributed by atoms with E-state index in [0.717, 1.165) is 23.8 Å². The molecule has 1 saturated heterocycles. The third kappa shape index (κ3) is 2.80. The molecule has 3 heterocycles. The highest BCUT2D eigenvalue weighted by atomic mass is 35.5. The summed E-state index contributed by atoms with van der Waals surface area (Å²) >= 11 is 0. The minimum atomic E-state index is 0. The summed E-state index contributed by atoms with van der Waals surface area (Å²) in [4.78, 5) is 8.63. The van der Waals surface area contributed by atoms with Crippen LogP contribution in [0.4, 0.5) is 0 Å². The van der Waals surface area contributed by atoms with Crippen LogP contribution in [0.1, 0.15) is 44.0 Å². The Balaban J connectivity index is 0.00000132. The van der Waals surface area contributed by atoms with Gasteiger partial charge < -0.3 is 9.84 Å². The number of pyridine rings is 1. The van der Waals surface area contributed by atoms with E-state index < -0.39 is 0 Å². The molecule has 1 N–H and O–H groups in total. The lowest BCUT2D eigenvalue weighted by Gasteiger charge is -2.24. The van der Waals surface area contributed by atoms with Crippen molar-refractivity contribution in [2.45, 2.75) is 44.2 Å². The molecule has 112 valence electrons. The Morgan fingerprint density at radius 2 is 2.14 bits per heavy atom. The van der Waals surface area contributed by atoms with Gasteiger partial charge in [-0.3, -0.25) is 4.98 Å². The summed E-state index contributed by atoms with van der Waals surface area (Å²) in [7, 11) is 0. The van der Waals surface area contributed by atoms with Gasteiger partial charge in [-0.1, -0.05) is 18.0 Å². The van der Waals surface area contributed by atoms with Crippen molar-refractivity contribution in [2.75, 3.05) is 0 Å². The van der Waals surface area contributed by atoms with Gasteiger partial charge in [-0.2, -0.15) is 4.98 Å². The molecule has 0 radical (unpaired) electrons. The second-order valence-electron chi connectivity index (χ2n) is 5.80. The SMILES string of the molecule is Cl.c1cncc(-c2noc(C3CC4CCCCC4N3)n2)c1. The normalized spacial score (nSPS) is 27.9. The largest absolute Gasteiger partial charge is 0.337 e. The standard InChI is InChI=1S/C15H18N4O.ClH/c1-2-6-12-10(4-1)8-13(17-12)15-18-14(19-20-15)11-5-3-7-16-9-11;/h3,5,7,9-10,12-13,17H,1-2,4,6,8H2;1H. The van der Waals surface area contributed by atoms with E-state index in [4.69, 9.17) is 4.52 Å². The van der Waals surface area contributed by atoms with Gasteiger partial charge in [-0.25, -0.2) is 0 Å². The van der Waals surface area contributed by atoms with Crippen molar-refractivity contribution in [1.82, 2.24) is 20.4 Å². The molecule has 0 bridgehead atoms.